The fourth-order valence-electron chi connectivity index (χ4n) is 1.43. The summed E-state index contributed by atoms with van der Waals surface area (Å²) in [5.41, 5.74) is 0.518. The highest BCUT2D eigenvalue weighted by atomic mass is 32.1. The van der Waals surface area contributed by atoms with Crippen LogP contribution in [-0.2, 0) is 11.2 Å². The van der Waals surface area contributed by atoms with Crippen molar-refractivity contribution in [1.82, 2.24) is 9.38 Å². The molecular formula is C10H9F3N2OS. The van der Waals surface area contributed by atoms with Crippen LogP contribution in [0.25, 0.3) is 4.96 Å². The van der Waals surface area contributed by atoms with Crippen LogP contribution in [0, 0.1) is 0 Å². The molecule has 0 saturated heterocycles. The molecule has 2 aromatic rings. The highest BCUT2D eigenvalue weighted by Gasteiger charge is 2.27. The van der Waals surface area contributed by atoms with Gasteiger partial charge < -0.3 is 0 Å². The lowest BCUT2D eigenvalue weighted by molar-refractivity contribution is -0.143. The maximum atomic E-state index is 11.9. The molecule has 2 aromatic heterocycles. The van der Waals surface area contributed by atoms with E-state index in [2.05, 4.69) is 4.98 Å². The van der Waals surface area contributed by atoms with Crippen LogP contribution in [0.15, 0.2) is 17.8 Å². The van der Waals surface area contributed by atoms with Crippen LogP contribution < -0.4 is 0 Å². The van der Waals surface area contributed by atoms with Crippen LogP contribution in [0.4, 0.5) is 13.2 Å². The Morgan fingerprint density at radius 3 is 2.88 bits per heavy atom. The van der Waals surface area contributed by atoms with E-state index in [0.29, 0.717) is 5.69 Å². The molecule has 0 atom stereocenters. The van der Waals surface area contributed by atoms with Crippen molar-refractivity contribution < 1.29 is 18.0 Å². The highest BCUT2D eigenvalue weighted by Crippen LogP contribution is 2.22. The van der Waals surface area contributed by atoms with Crippen molar-refractivity contribution in [3.05, 3.63) is 23.5 Å². The first-order chi connectivity index (χ1) is 7.94. The van der Waals surface area contributed by atoms with Gasteiger partial charge in [0.1, 0.15) is 5.78 Å². The minimum atomic E-state index is -4.27. The normalized spacial score (nSPS) is 12.2. The molecule has 0 spiro atoms. The van der Waals surface area contributed by atoms with Crippen molar-refractivity contribution in [2.24, 2.45) is 0 Å². The van der Waals surface area contributed by atoms with E-state index in [-0.39, 0.29) is 6.42 Å². The van der Waals surface area contributed by atoms with Gasteiger partial charge in [-0.05, 0) is 0 Å². The molecule has 0 amide bonds. The SMILES string of the molecule is O=C(CCC(F)(F)F)Cc1cn2ccsc2n1. The van der Waals surface area contributed by atoms with Gasteiger partial charge in [-0.1, -0.05) is 0 Å². The van der Waals surface area contributed by atoms with Crippen molar-refractivity contribution in [1.29, 1.82) is 0 Å². The summed E-state index contributed by atoms with van der Waals surface area (Å²) in [6, 6.07) is 0. The molecule has 92 valence electrons. The van der Waals surface area contributed by atoms with Gasteiger partial charge in [0.25, 0.3) is 0 Å². The number of ketones is 1. The van der Waals surface area contributed by atoms with Gasteiger partial charge in [-0.3, -0.25) is 9.20 Å². The molecule has 3 nitrogen and oxygen atoms in total. The molecule has 0 N–H and O–H groups in total. The Labute approximate surface area is 98.9 Å². The third-order valence-corrected chi connectivity index (χ3v) is 2.98. The lowest BCUT2D eigenvalue weighted by Gasteiger charge is -2.03. The summed E-state index contributed by atoms with van der Waals surface area (Å²) in [4.78, 5) is 16.2. The summed E-state index contributed by atoms with van der Waals surface area (Å²) in [5, 5.41) is 1.84. The molecule has 0 aromatic carbocycles. The predicted octanol–water partition coefficient (Wildman–Crippen LogP) is 2.85. The van der Waals surface area contributed by atoms with E-state index in [1.165, 1.54) is 11.3 Å². The van der Waals surface area contributed by atoms with E-state index in [1.54, 1.807) is 16.8 Å². The van der Waals surface area contributed by atoms with Crippen molar-refractivity contribution in [2.45, 2.75) is 25.4 Å². The first-order valence-corrected chi connectivity index (χ1v) is 5.81. The van der Waals surface area contributed by atoms with Crippen LogP contribution in [0.1, 0.15) is 18.5 Å². The minimum Gasteiger partial charge on any atom is -0.299 e. The second-order valence-electron chi connectivity index (χ2n) is 3.66. The maximum absolute atomic E-state index is 11.9. The van der Waals surface area contributed by atoms with E-state index < -0.39 is 24.8 Å². The van der Waals surface area contributed by atoms with E-state index in [0.717, 1.165) is 4.96 Å². The standard InChI is InChI=1S/C10H9F3N2OS/c11-10(12,13)2-1-8(16)5-7-6-15-3-4-17-9(15)14-7/h3-4,6H,1-2,5H2. The van der Waals surface area contributed by atoms with Crippen LogP contribution in [0.3, 0.4) is 0 Å². The number of halogens is 3. The second kappa shape index (κ2) is 4.48. The molecule has 0 bridgehead atoms. The first-order valence-electron chi connectivity index (χ1n) is 4.93. The number of nitrogens with zero attached hydrogens (tertiary/aromatic N) is 2. The molecule has 2 heterocycles. The van der Waals surface area contributed by atoms with E-state index in [1.807, 2.05) is 5.38 Å². The summed E-state index contributed by atoms with van der Waals surface area (Å²) in [6.45, 7) is 0. The van der Waals surface area contributed by atoms with Gasteiger partial charge in [-0.25, -0.2) is 4.98 Å². The maximum Gasteiger partial charge on any atom is 0.389 e. The topological polar surface area (TPSA) is 34.4 Å². The average Bonchev–Trinajstić information content (AvgIpc) is 2.73. The average molecular weight is 262 g/mol. The predicted molar refractivity (Wildman–Crippen MR) is 57.1 cm³/mol. The lowest BCUT2D eigenvalue weighted by Crippen LogP contribution is -2.12. The molecule has 0 saturated carbocycles. The van der Waals surface area contributed by atoms with Crippen LogP contribution >= 0.6 is 11.3 Å². The Balaban J connectivity index is 1.92. The number of aromatic nitrogens is 2. The van der Waals surface area contributed by atoms with Gasteiger partial charge in [-0.2, -0.15) is 13.2 Å². The lowest BCUT2D eigenvalue weighted by atomic mass is 10.1. The number of fused-ring (bicyclic) bond motifs is 1. The molecule has 0 radical (unpaired) electrons. The van der Waals surface area contributed by atoms with Crippen LogP contribution in [0.2, 0.25) is 0 Å². The third kappa shape index (κ3) is 3.29. The Kier molecular flexibility index (Phi) is 3.19. The van der Waals surface area contributed by atoms with Gasteiger partial charge in [-0.15, -0.1) is 11.3 Å². The molecule has 0 aliphatic carbocycles. The van der Waals surface area contributed by atoms with Gasteiger partial charge in [0.15, 0.2) is 4.96 Å². The molecule has 17 heavy (non-hydrogen) atoms. The molecule has 0 aliphatic heterocycles. The van der Waals surface area contributed by atoms with Crippen LogP contribution in [0.5, 0.6) is 0 Å². The second-order valence-corrected chi connectivity index (χ2v) is 4.53. The summed E-state index contributed by atoms with van der Waals surface area (Å²) in [7, 11) is 0. The molecule has 7 heteroatoms. The van der Waals surface area contributed by atoms with E-state index >= 15 is 0 Å². The molecule has 0 unspecified atom stereocenters. The van der Waals surface area contributed by atoms with Gasteiger partial charge in [0.05, 0.1) is 18.5 Å². The summed E-state index contributed by atoms with van der Waals surface area (Å²) < 4.78 is 37.5. The third-order valence-electron chi connectivity index (χ3n) is 2.21. The summed E-state index contributed by atoms with van der Waals surface area (Å²) >= 11 is 1.41. The number of Topliss-reactive ketones (excluding diaryl/α,β-unsaturated/α-hetero) is 1. The van der Waals surface area contributed by atoms with Crippen molar-refractivity contribution in [3.8, 4) is 0 Å². The van der Waals surface area contributed by atoms with Gasteiger partial charge in [0.2, 0.25) is 0 Å². The Hall–Kier alpha value is -1.37. The Bertz CT molecular complexity index is 500. The van der Waals surface area contributed by atoms with Gasteiger partial charge in [0, 0.05) is 24.2 Å². The zero-order valence-corrected chi connectivity index (χ0v) is 9.51. The fourth-order valence-corrected chi connectivity index (χ4v) is 2.15. The molecular weight excluding hydrogens is 253 g/mol. The van der Waals surface area contributed by atoms with Crippen molar-refractivity contribution in [2.75, 3.05) is 0 Å². The van der Waals surface area contributed by atoms with Gasteiger partial charge >= 0.3 is 6.18 Å². The Morgan fingerprint density at radius 1 is 1.47 bits per heavy atom. The van der Waals surface area contributed by atoms with E-state index in [4.69, 9.17) is 0 Å². The number of carbonyl (C=O) groups excluding carboxylic acids is 1. The minimum absolute atomic E-state index is 0.0372. The Morgan fingerprint density at radius 2 is 2.24 bits per heavy atom. The number of hydrogen-bond donors (Lipinski definition) is 0. The van der Waals surface area contributed by atoms with Crippen molar-refractivity contribution >= 4 is 22.1 Å². The number of imidazole rings is 1. The highest BCUT2D eigenvalue weighted by molar-refractivity contribution is 7.15. The number of alkyl halides is 3. The molecule has 0 fully saturated rings. The quantitative estimate of drug-likeness (QED) is 0.849. The number of hydrogen-bond acceptors (Lipinski definition) is 3. The number of thiazole rings is 1. The zero-order valence-electron chi connectivity index (χ0n) is 8.70. The summed E-state index contributed by atoms with van der Waals surface area (Å²) in [5.74, 6) is -0.437. The fraction of sp³-hybridized carbons (Fsp3) is 0.400. The first kappa shape index (κ1) is 12.1. The smallest absolute Gasteiger partial charge is 0.299 e. The number of carbonyl (C=O) groups is 1. The van der Waals surface area contributed by atoms with Crippen molar-refractivity contribution in [3.63, 3.8) is 0 Å². The zero-order chi connectivity index (χ0) is 12.5. The number of rotatable bonds is 4. The molecule has 2 rings (SSSR count). The monoisotopic (exact) mass is 262 g/mol. The molecule has 0 aliphatic rings. The van der Waals surface area contributed by atoms with E-state index in [9.17, 15) is 18.0 Å². The largest absolute Gasteiger partial charge is 0.389 e. The summed E-state index contributed by atoms with van der Waals surface area (Å²) in [6.07, 6.45) is -2.40. The van der Waals surface area contributed by atoms with Crippen LogP contribution in [-0.4, -0.2) is 21.3 Å².